The molecule has 3 aromatic heterocycles. The molecule has 0 saturated carbocycles. The highest BCUT2D eigenvalue weighted by Crippen LogP contribution is 2.22. The summed E-state index contributed by atoms with van der Waals surface area (Å²) < 4.78 is 7.10. The van der Waals surface area contributed by atoms with Gasteiger partial charge >= 0.3 is 0 Å². The van der Waals surface area contributed by atoms with Crippen molar-refractivity contribution in [2.75, 3.05) is 7.11 Å². The minimum atomic E-state index is -0.152. The standard InChI is InChI=1S/C15H15N5O2S2/c1-22-13-5-4-10(8-17-13)7-16-12(21)9-20-14(18-19-15(20)23)11-3-2-6-24-11/h2-6,8H,7,9H2,1H3,(H,16,21)(H,19,23). The van der Waals surface area contributed by atoms with Gasteiger partial charge in [-0.1, -0.05) is 12.1 Å². The summed E-state index contributed by atoms with van der Waals surface area (Å²) in [7, 11) is 1.56. The van der Waals surface area contributed by atoms with Gasteiger partial charge in [-0.2, -0.15) is 5.10 Å². The van der Waals surface area contributed by atoms with E-state index in [0.29, 0.717) is 23.0 Å². The minimum absolute atomic E-state index is 0.103. The molecule has 124 valence electrons. The van der Waals surface area contributed by atoms with Crippen molar-refractivity contribution in [2.45, 2.75) is 13.1 Å². The Bertz CT molecular complexity index is 868. The smallest absolute Gasteiger partial charge is 0.240 e. The van der Waals surface area contributed by atoms with E-state index in [-0.39, 0.29) is 12.5 Å². The van der Waals surface area contributed by atoms with Gasteiger partial charge in [-0.25, -0.2) is 4.98 Å². The number of carbonyl (C=O) groups excluding carboxylic acids is 1. The summed E-state index contributed by atoms with van der Waals surface area (Å²) in [5.41, 5.74) is 0.887. The van der Waals surface area contributed by atoms with E-state index in [0.717, 1.165) is 10.4 Å². The van der Waals surface area contributed by atoms with Gasteiger partial charge in [0.1, 0.15) is 6.54 Å². The van der Waals surface area contributed by atoms with E-state index in [4.69, 9.17) is 17.0 Å². The first-order chi connectivity index (χ1) is 11.7. The van der Waals surface area contributed by atoms with Gasteiger partial charge in [0.15, 0.2) is 10.6 Å². The highest BCUT2D eigenvalue weighted by Gasteiger charge is 2.13. The lowest BCUT2D eigenvalue weighted by atomic mass is 10.3. The number of nitrogens with one attached hydrogen (secondary N) is 2. The third-order valence-electron chi connectivity index (χ3n) is 3.30. The van der Waals surface area contributed by atoms with Gasteiger partial charge in [0, 0.05) is 18.8 Å². The van der Waals surface area contributed by atoms with E-state index in [2.05, 4.69) is 20.5 Å². The van der Waals surface area contributed by atoms with Crippen molar-refractivity contribution in [1.29, 1.82) is 0 Å². The van der Waals surface area contributed by atoms with Crippen molar-refractivity contribution in [3.8, 4) is 16.6 Å². The number of nitrogens with zero attached hydrogens (tertiary/aromatic N) is 3. The lowest BCUT2D eigenvalue weighted by Gasteiger charge is -2.08. The van der Waals surface area contributed by atoms with Crippen LogP contribution in [0, 0.1) is 4.77 Å². The Balaban J connectivity index is 1.65. The van der Waals surface area contributed by atoms with Crippen LogP contribution in [0.2, 0.25) is 0 Å². The number of amides is 1. The van der Waals surface area contributed by atoms with Crippen LogP contribution in [0.5, 0.6) is 5.88 Å². The lowest BCUT2D eigenvalue weighted by molar-refractivity contribution is -0.121. The second kappa shape index (κ2) is 7.37. The second-order valence-corrected chi connectivity index (χ2v) is 6.24. The zero-order chi connectivity index (χ0) is 16.9. The highest BCUT2D eigenvalue weighted by atomic mass is 32.1. The van der Waals surface area contributed by atoms with Crippen LogP contribution in [0.3, 0.4) is 0 Å². The molecule has 0 atom stereocenters. The van der Waals surface area contributed by atoms with E-state index in [1.807, 2.05) is 23.6 Å². The molecule has 3 rings (SSSR count). The number of H-pyrrole nitrogens is 1. The van der Waals surface area contributed by atoms with Gasteiger partial charge in [-0.05, 0) is 29.2 Å². The number of aromatic nitrogens is 4. The fourth-order valence-electron chi connectivity index (χ4n) is 2.09. The Labute approximate surface area is 147 Å². The van der Waals surface area contributed by atoms with Crippen LogP contribution in [0.1, 0.15) is 5.56 Å². The maximum absolute atomic E-state index is 12.2. The highest BCUT2D eigenvalue weighted by molar-refractivity contribution is 7.71. The molecule has 0 aromatic carbocycles. The van der Waals surface area contributed by atoms with Crippen LogP contribution < -0.4 is 10.1 Å². The number of rotatable bonds is 6. The van der Waals surface area contributed by atoms with Gasteiger partial charge in [0.25, 0.3) is 0 Å². The number of aromatic amines is 1. The summed E-state index contributed by atoms with van der Waals surface area (Å²) in [6.07, 6.45) is 1.67. The SMILES string of the molecule is COc1ccc(CNC(=O)Cn2c(-c3cccs3)n[nH]c2=S)cn1. The third kappa shape index (κ3) is 3.69. The van der Waals surface area contributed by atoms with Gasteiger partial charge in [-0.3, -0.25) is 14.5 Å². The van der Waals surface area contributed by atoms with Crippen molar-refractivity contribution in [3.63, 3.8) is 0 Å². The van der Waals surface area contributed by atoms with E-state index in [9.17, 15) is 4.79 Å². The van der Waals surface area contributed by atoms with Gasteiger partial charge in [-0.15, -0.1) is 11.3 Å². The molecule has 0 unspecified atom stereocenters. The molecule has 0 aliphatic heterocycles. The molecule has 0 aliphatic rings. The van der Waals surface area contributed by atoms with Gasteiger partial charge in [0.05, 0.1) is 12.0 Å². The zero-order valence-corrected chi connectivity index (χ0v) is 14.5. The van der Waals surface area contributed by atoms with E-state index < -0.39 is 0 Å². The van der Waals surface area contributed by atoms with Crippen LogP contribution in [-0.4, -0.2) is 32.8 Å². The molecule has 3 heterocycles. The van der Waals surface area contributed by atoms with Gasteiger partial charge in [0.2, 0.25) is 11.8 Å². The van der Waals surface area contributed by atoms with Crippen LogP contribution in [0.4, 0.5) is 0 Å². The van der Waals surface area contributed by atoms with E-state index in [1.165, 1.54) is 0 Å². The topological polar surface area (TPSA) is 84.8 Å². The second-order valence-electron chi connectivity index (χ2n) is 4.90. The lowest BCUT2D eigenvalue weighted by Crippen LogP contribution is -2.27. The van der Waals surface area contributed by atoms with E-state index in [1.54, 1.807) is 35.3 Å². The summed E-state index contributed by atoms with van der Waals surface area (Å²) in [5.74, 6) is 1.05. The molecule has 0 spiro atoms. The first kappa shape index (κ1) is 16.3. The number of hydrogen-bond donors (Lipinski definition) is 2. The molecule has 0 aliphatic carbocycles. The van der Waals surface area contributed by atoms with Crippen LogP contribution in [-0.2, 0) is 17.9 Å². The van der Waals surface area contributed by atoms with Crippen molar-refractivity contribution in [1.82, 2.24) is 25.1 Å². The number of carbonyl (C=O) groups is 1. The average molecular weight is 361 g/mol. The summed E-state index contributed by atoms with van der Waals surface area (Å²) in [5, 5.41) is 11.7. The number of hydrogen-bond acceptors (Lipinski definition) is 6. The summed E-state index contributed by atoms with van der Waals surface area (Å²) in [4.78, 5) is 17.3. The average Bonchev–Trinajstić information content (AvgIpc) is 3.24. The quantitative estimate of drug-likeness (QED) is 0.659. The molecule has 0 radical (unpaired) electrons. The number of methoxy groups -OCH3 is 1. The fraction of sp³-hybridized carbons (Fsp3) is 0.200. The largest absolute Gasteiger partial charge is 0.481 e. The molecule has 24 heavy (non-hydrogen) atoms. The summed E-state index contributed by atoms with van der Waals surface area (Å²) >= 11 is 6.76. The fourth-order valence-corrected chi connectivity index (χ4v) is 3.01. The predicted octanol–water partition coefficient (Wildman–Crippen LogP) is 2.39. The molecular weight excluding hydrogens is 346 g/mol. The first-order valence-electron chi connectivity index (χ1n) is 7.12. The third-order valence-corrected chi connectivity index (χ3v) is 4.48. The normalized spacial score (nSPS) is 10.5. The summed E-state index contributed by atoms with van der Waals surface area (Å²) in [6.45, 7) is 0.488. The minimum Gasteiger partial charge on any atom is -0.481 e. The molecule has 1 amide bonds. The number of pyridine rings is 1. The van der Waals surface area contributed by atoms with Crippen molar-refractivity contribution >= 4 is 29.5 Å². The molecule has 0 bridgehead atoms. The number of ether oxygens (including phenoxy) is 1. The molecule has 7 nitrogen and oxygen atoms in total. The van der Waals surface area contributed by atoms with Crippen LogP contribution in [0.25, 0.3) is 10.7 Å². The molecule has 0 fully saturated rings. The van der Waals surface area contributed by atoms with Crippen LogP contribution >= 0.6 is 23.6 Å². The first-order valence-corrected chi connectivity index (χ1v) is 8.41. The Kier molecular flexibility index (Phi) is 5.02. The summed E-state index contributed by atoms with van der Waals surface area (Å²) in [6, 6.07) is 7.47. The molecular formula is C15H15N5O2S2. The zero-order valence-electron chi connectivity index (χ0n) is 12.9. The Hall–Kier alpha value is -2.52. The Morgan fingerprint density at radius 1 is 1.46 bits per heavy atom. The van der Waals surface area contributed by atoms with Crippen molar-refractivity contribution in [2.24, 2.45) is 0 Å². The van der Waals surface area contributed by atoms with Gasteiger partial charge < -0.3 is 10.1 Å². The van der Waals surface area contributed by atoms with E-state index >= 15 is 0 Å². The molecule has 0 saturated heterocycles. The Morgan fingerprint density at radius 3 is 3.00 bits per heavy atom. The maximum Gasteiger partial charge on any atom is 0.240 e. The monoisotopic (exact) mass is 361 g/mol. The van der Waals surface area contributed by atoms with Crippen LogP contribution in [0.15, 0.2) is 35.8 Å². The molecule has 3 aromatic rings. The predicted molar refractivity (Wildman–Crippen MR) is 93.4 cm³/mol. The molecule has 9 heteroatoms. The Morgan fingerprint density at radius 2 is 2.33 bits per heavy atom. The molecule has 2 N–H and O–H groups in total. The maximum atomic E-state index is 12.2. The van der Waals surface area contributed by atoms with Crippen molar-refractivity contribution in [3.05, 3.63) is 46.2 Å². The van der Waals surface area contributed by atoms with Crippen molar-refractivity contribution < 1.29 is 9.53 Å². The number of thiophene rings is 1.